The van der Waals surface area contributed by atoms with Crippen LogP contribution in [0, 0.1) is 16.0 Å². The number of nitro groups is 1. The van der Waals surface area contributed by atoms with Crippen molar-refractivity contribution in [1.82, 2.24) is 10.7 Å². The fraction of sp³-hybridized carbons (Fsp3) is 0.350. The van der Waals surface area contributed by atoms with E-state index in [9.17, 15) is 19.7 Å². The lowest BCUT2D eigenvalue weighted by Crippen LogP contribution is -2.49. The van der Waals surface area contributed by atoms with Crippen molar-refractivity contribution in [3.63, 3.8) is 0 Å². The van der Waals surface area contributed by atoms with E-state index in [0.29, 0.717) is 11.3 Å². The summed E-state index contributed by atoms with van der Waals surface area (Å²) in [5, 5.41) is 19.8. The molecule has 1 aromatic carbocycles. The van der Waals surface area contributed by atoms with Crippen LogP contribution in [0.4, 0.5) is 11.4 Å². The molecule has 0 fully saturated rings. The van der Waals surface area contributed by atoms with E-state index in [1.807, 2.05) is 31.4 Å². The van der Waals surface area contributed by atoms with Crippen LogP contribution in [0.5, 0.6) is 0 Å². The number of hydrogen-bond acceptors (Lipinski definition) is 7. The molecule has 0 saturated heterocycles. The standard InChI is InChI=1S/C20H25N5O4S/c1-13(2)19(22-18(26)11-15-6-5-9-30-15)20(27)23-21-12-14-7-8-16(24(3)4)17(10-14)25(28)29/h5-10,12-13,19H,11H2,1-4H3,(H,22,26)(H,23,27)/b21-12-/t19-/m0/s1. The van der Waals surface area contributed by atoms with Crippen molar-refractivity contribution in [3.05, 3.63) is 56.3 Å². The number of nitro benzene ring substituents is 1. The zero-order chi connectivity index (χ0) is 22.3. The van der Waals surface area contributed by atoms with Crippen molar-refractivity contribution in [2.75, 3.05) is 19.0 Å². The molecule has 30 heavy (non-hydrogen) atoms. The van der Waals surface area contributed by atoms with Crippen molar-refractivity contribution < 1.29 is 14.5 Å². The number of benzene rings is 1. The van der Waals surface area contributed by atoms with E-state index in [4.69, 9.17) is 0 Å². The molecule has 0 bridgehead atoms. The SMILES string of the molecule is CC(C)[C@H](NC(=O)Cc1cccs1)C(=O)N/N=C\c1ccc(N(C)C)c([N+](=O)[O-])c1. The molecule has 0 spiro atoms. The van der Waals surface area contributed by atoms with E-state index in [2.05, 4.69) is 15.8 Å². The van der Waals surface area contributed by atoms with E-state index in [1.165, 1.54) is 23.6 Å². The second kappa shape index (κ2) is 10.5. The minimum atomic E-state index is -0.750. The number of nitrogens with one attached hydrogen (secondary N) is 2. The number of thiophene rings is 1. The third-order valence-corrected chi connectivity index (χ3v) is 5.12. The molecule has 0 radical (unpaired) electrons. The highest BCUT2D eigenvalue weighted by atomic mass is 32.1. The maximum atomic E-state index is 12.5. The first-order valence-corrected chi connectivity index (χ1v) is 10.2. The number of anilines is 1. The van der Waals surface area contributed by atoms with Gasteiger partial charge in [-0.1, -0.05) is 26.0 Å². The lowest BCUT2D eigenvalue weighted by atomic mass is 10.0. The predicted molar refractivity (Wildman–Crippen MR) is 118 cm³/mol. The Labute approximate surface area is 178 Å². The lowest BCUT2D eigenvalue weighted by Gasteiger charge is -2.20. The van der Waals surface area contributed by atoms with Gasteiger partial charge in [0.1, 0.15) is 11.7 Å². The number of carbonyl (C=O) groups excluding carboxylic acids is 2. The van der Waals surface area contributed by atoms with Gasteiger partial charge in [-0.2, -0.15) is 5.10 Å². The van der Waals surface area contributed by atoms with Crippen LogP contribution in [0.15, 0.2) is 40.8 Å². The second-order valence-electron chi connectivity index (χ2n) is 7.18. The van der Waals surface area contributed by atoms with Gasteiger partial charge in [0.2, 0.25) is 5.91 Å². The summed E-state index contributed by atoms with van der Waals surface area (Å²) in [7, 11) is 3.43. The molecule has 2 aromatic rings. The molecule has 0 unspecified atom stereocenters. The van der Waals surface area contributed by atoms with Crippen LogP contribution < -0.4 is 15.6 Å². The molecular formula is C20H25N5O4S. The average Bonchev–Trinajstić information content (AvgIpc) is 3.18. The molecule has 0 aliphatic heterocycles. The maximum absolute atomic E-state index is 12.5. The summed E-state index contributed by atoms with van der Waals surface area (Å²) < 4.78 is 0. The van der Waals surface area contributed by atoms with Crippen molar-refractivity contribution in [1.29, 1.82) is 0 Å². The molecule has 2 rings (SSSR count). The van der Waals surface area contributed by atoms with E-state index < -0.39 is 16.9 Å². The number of nitrogens with zero attached hydrogens (tertiary/aromatic N) is 3. The molecule has 0 aliphatic rings. The van der Waals surface area contributed by atoms with Gasteiger partial charge in [0.25, 0.3) is 11.6 Å². The lowest BCUT2D eigenvalue weighted by molar-refractivity contribution is -0.384. The quantitative estimate of drug-likeness (QED) is 0.359. The molecule has 1 aromatic heterocycles. The van der Waals surface area contributed by atoms with Crippen LogP contribution in [0.2, 0.25) is 0 Å². The van der Waals surface area contributed by atoms with Crippen molar-refractivity contribution in [2.45, 2.75) is 26.3 Å². The Kier molecular flexibility index (Phi) is 8.05. The number of carbonyl (C=O) groups is 2. The highest BCUT2D eigenvalue weighted by Crippen LogP contribution is 2.27. The number of rotatable bonds is 9. The van der Waals surface area contributed by atoms with Crippen LogP contribution in [0.1, 0.15) is 24.3 Å². The molecular weight excluding hydrogens is 406 g/mol. The predicted octanol–water partition coefficient (Wildman–Crippen LogP) is 2.56. The number of hydrazone groups is 1. The third kappa shape index (κ3) is 6.38. The first kappa shape index (κ1) is 23.0. The second-order valence-corrected chi connectivity index (χ2v) is 8.21. The first-order valence-electron chi connectivity index (χ1n) is 9.29. The third-order valence-electron chi connectivity index (χ3n) is 4.25. The molecule has 1 heterocycles. The Morgan fingerprint density at radius 1 is 1.30 bits per heavy atom. The molecule has 10 heteroatoms. The smallest absolute Gasteiger partial charge is 0.293 e. The summed E-state index contributed by atoms with van der Waals surface area (Å²) in [5.41, 5.74) is 3.28. The fourth-order valence-corrected chi connectivity index (χ4v) is 3.42. The van der Waals surface area contributed by atoms with Gasteiger partial charge in [-0.3, -0.25) is 19.7 Å². The Morgan fingerprint density at radius 3 is 2.60 bits per heavy atom. The van der Waals surface area contributed by atoms with Crippen LogP contribution in [-0.4, -0.2) is 43.1 Å². The van der Waals surface area contributed by atoms with Crippen LogP contribution >= 0.6 is 11.3 Å². The van der Waals surface area contributed by atoms with Gasteiger partial charge in [-0.05, 0) is 23.4 Å². The van der Waals surface area contributed by atoms with Crippen molar-refractivity contribution >= 4 is 40.7 Å². The molecule has 0 aliphatic carbocycles. The maximum Gasteiger partial charge on any atom is 0.293 e. The first-order chi connectivity index (χ1) is 14.2. The van der Waals surface area contributed by atoms with Gasteiger partial charge in [0, 0.05) is 30.6 Å². The normalized spacial score (nSPS) is 12.0. The Hall–Kier alpha value is -3.27. The highest BCUT2D eigenvalue weighted by molar-refractivity contribution is 7.10. The van der Waals surface area contributed by atoms with Gasteiger partial charge in [-0.25, -0.2) is 5.43 Å². The molecule has 160 valence electrons. The largest absolute Gasteiger partial charge is 0.372 e. The van der Waals surface area contributed by atoms with Crippen molar-refractivity contribution in [2.24, 2.45) is 11.0 Å². The summed E-state index contributed by atoms with van der Waals surface area (Å²) >= 11 is 1.48. The Morgan fingerprint density at radius 2 is 2.03 bits per heavy atom. The summed E-state index contributed by atoms with van der Waals surface area (Å²) in [6, 6.07) is 7.64. The van der Waals surface area contributed by atoms with Gasteiger partial charge in [0.05, 0.1) is 17.6 Å². The van der Waals surface area contributed by atoms with E-state index in [0.717, 1.165) is 4.88 Å². The van der Waals surface area contributed by atoms with Crippen molar-refractivity contribution in [3.8, 4) is 0 Å². The number of hydrogen-bond donors (Lipinski definition) is 2. The van der Waals surface area contributed by atoms with Crippen LogP contribution in [-0.2, 0) is 16.0 Å². The van der Waals surface area contributed by atoms with E-state index >= 15 is 0 Å². The summed E-state index contributed by atoms with van der Waals surface area (Å²) in [6.45, 7) is 3.64. The molecule has 9 nitrogen and oxygen atoms in total. The minimum absolute atomic E-state index is 0.0591. The molecule has 1 atom stereocenters. The minimum Gasteiger partial charge on any atom is -0.372 e. The van der Waals surface area contributed by atoms with Gasteiger partial charge >= 0.3 is 0 Å². The topological polar surface area (TPSA) is 117 Å². The van der Waals surface area contributed by atoms with Gasteiger partial charge in [-0.15, -0.1) is 11.3 Å². The Balaban J connectivity index is 2.02. The fourth-order valence-electron chi connectivity index (χ4n) is 2.72. The zero-order valence-corrected chi connectivity index (χ0v) is 18.1. The number of amides is 2. The van der Waals surface area contributed by atoms with Gasteiger partial charge < -0.3 is 10.2 Å². The molecule has 2 N–H and O–H groups in total. The Bertz CT molecular complexity index is 925. The zero-order valence-electron chi connectivity index (χ0n) is 17.3. The summed E-state index contributed by atoms with van der Waals surface area (Å²) in [4.78, 5) is 38.1. The van der Waals surface area contributed by atoms with E-state index in [1.54, 1.807) is 31.1 Å². The van der Waals surface area contributed by atoms with Gasteiger partial charge in [0.15, 0.2) is 0 Å². The highest BCUT2D eigenvalue weighted by Gasteiger charge is 2.24. The van der Waals surface area contributed by atoms with Crippen LogP contribution in [0.25, 0.3) is 0 Å². The summed E-state index contributed by atoms with van der Waals surface area (Å²) in [5.74, 6) is -0.849. The summed E-state index contributed by atoms with van der Waals surface area (Å²) in [6.07, 6.45) is 1.54. The van der Waals surface area contributed by atoms with E-state index in [-0.39, 0.29) is 23.9 Å². The average molecular weight is 432 g/mol. The monoisotopic (exact) mass is 431 g/mol. The van der Waals surface area contributed by atoms with Crippen LogP contribution in [0.3, 0.4) is 0 Å². The molecule has 0 saturated carbocycles. The molecule has 2 amide bonds.